The van der Waals surface area contributed by atoms with E-state index in [2.05, 4.69) is 0 Å². The predicted molar refractivity (Wildman–Crippen MR) is 23.0 cm³/mol. The minimum Gasteiger partial charge on any atom is 0 e. The van der Waals surface area contributed by atoms with Crippen LogP contribution in [0.1, 0.15) is 0 Å². The van der Waals surface area contributed by atoms with Gasteiger partial charge in [-0.05, 0) is 0 Å². The van der Waals surface area contributed by atoms with Crippen LogP contribution in [0.4, 0.5) is 0 Å². The molecule has 0 saturated carbocycles. The third-order valence-corrected chi connectivity index (χ3v) is 0. The fraction of sp³-hybridized carbons (Fsp3) is 0. The van der Waals surface area contributed by atoms with Crippen LogP contribution in [0.15, 0.2) is 0 Å². The Hall–Kier alpha value is 3.97. The molecule has 0 spiro atoms. The Bertz CT molecular complexity index is 3.25. The Morgan fingerprint density at radius 1 is 0.500 bits per heavy atom. The summed E-state index contributed by atoms with van der Waals surface area (Å²) >= 11 is 0. The van der Waals surface area contributed by atoms with Crippen LogP contribution in [-0.2, 0) is 0 Å². The van der Waals surface area contributed by atoms with Crippen LogP contribution in [-0.4, -0.2) is 121 Å². The van der Waals surface area contributed by atoms with E-state index in [0.717, 1.165) is 0 Å². The molecule has 0 nitrogen and oxygen atoms in total. The van der Waals surface area contributed by atoms with Gasteiger partial charge in [0.15, 0.2) is 0 Å². The van der Waals surface area contributed by atoms with Crippen molar-refractivity contribution in [2.45, 2.75) is 0 Å². The second kappa shape index (κ2) is 15.8. The maximum Gasteiger partial charge on any atom is 0 e. The maximum atomic E-state index is 0. The standard InChI is InChI=1S/Ba.3Sn. The third kappa shape index (κ3) is 9.35. The summed E-state index contributed by atoms with van der Waals surface area (Å²) in [5.74, 6) is 0. The zero-order valence-corrected chi connectivity index (χ0v) is 15.2. The van der Waals surface area contributed by atoms with Crippen molar-refractivity contribution in [3.63, 3.8) is 0 Å². The van der Waals surface area contributed by atoms with Crippen molar-refractivity contribution in [1.82, 2.24) is 0 Å². The second-order valence-corrected chi connectivity index (χ2v) is 0. The van der Waals surface area contributed by atoms with Gasteiger partial charge in [0.2, 0.25) is 0 Å². The van der Waals surface area contributed by atoms with Crippen molar-refractivity contribution in [3.05, 3.63) is 0 Å². The van der Waals surface area contributed by atoms with Crippen molar-refractivity contribution in [2.75, 3.05) is 0 Å². The molecule has 14 radical (unpaired) electrons. The van der Waals surface area contributed by atoms with Crippen LogP contribution in [0.5, 0.6) is 0 Å². The summed E-state index contributed by atoms with van der Waals surface area (Å²) in [6.07, 6.45) is 0. The molecule has 14 valence electrons. The average molecular weight is 493 g/mol. The van der Waals surface area contributed by atoms with Crippen molar-refractivity contribution < 1.29 is 0 Å². The van der Waals surface area contributed by atoms with Crippen molar-refractivity contribution in [1.29, 1.82) is 0 Å². The zero-order chi connectivity index (χ0) is 0. The molecule has 0 heterocycles. The molecule has 0 bridgehead atoms. The summed E-state index contributed by atoms with van der Waals surface area (Å²) in [7, 11) is 0. The molecule has 4 heavy (non-hydrogen) atoms. The summed E-state index contributed by atoms with van der Waals surface area (Å²) in [6, 6.07) is 0. The molecule has 0 aliphatic rings. The molecule has 0 aliphatic carbocycles. The second-order valence-electron chi connectivity index (χ2n) is 0. The van der Waals surface area contributed by atoms with Crippen LogP contribution in [0.25, 0.3) is 0 Å². The van der Waals surface area contributed by atoms with E-state index in [1.165, 1.54) is 0 Å². The minimum absolute atomic E-state index is 0. The van der Waals surface area contributed by atoms with E-state index >= 15 is 0 Å². The van der Waals surface area contributed by atoms with E-state index in [4.69, 9.17) is 0 Å². The van der Waals surface area contributed by atoms with Gasteiger partial charge >= 0.3 is 0 Å². The van der Waals surface area contributed by atoms with E-state index in [0.29, 0.717) is 0 Å². The topological polar surface area (TPSA) is 0 Å². The molecule has 0 aromatic heterocycles. The Balaban J connectivity index is 0. The molecule has 4 heteroatoms. The Morgan fingerprint density at radius 2 is 0.500 bits per heavy atom. The normalized spacial score (nSPS) is 0. The first-order valence-electron chi connectivity index (χ1n) is 0. The predicted octanol–water partition coefficient (Wildman–Crippen LogP) is -1.52. The first-order valence-corrected chi connectivity index (χ1v) is 0. The monoisotopic (exact) mass is 498 g/mol. The molecular formula is BaSn3. The quantitative estimate of drug-likeness (QED) is 0.360. The van der Waals surface area contributed by atoms with E-state index in [1.807, 2.05) is 0 Å². The zero-order valence-electron chi connectivity index (χ0n) is 2.21. The summed E-state index contributed by atoms with van der Waals surface area (Å²) < 4.78 is 0. The molecule has 0 aliphatic heterocycles. The van der Waals surface area contributed by atoms with Crippen LogP contribution < -0.4 is 0 Å². The molecule has 0 amide bonds. The number of rotatable bonds is 0. The van der Waals surface area contributed by atoms with Crippen LogP contribution in [0.2, 0.25) is 0 Å². The molecule has 0 fully saturated rings. The summed E-state index contributed by atoms with van der Waals surface area (Å²) in [5, 5.41) is 0. The van der Waals surface area contributed by atoms with Gasteiger partial charge in [0.25, 0.3) is 0 Å². The van der Waals surface area contributed by atoms with Crippen molar-refractivity contribution in [2.24, 2.45) is 0 Å². The van der Waals surface area contributed by atoms with E-state index < -0.39 is 0 Å². The van der Waals surface area contributed by atoms with Crippen LogP contribution >= 0.6 is 0 Å². The van der Waals surface area contributed by atoms with Gasteiger partial charge in [0.05, 0.1) is 0 Å². The van der Waals surface area contributed by atoms with Gasteiger partial charge in [-0.2, -0.15) is 0 Å². The Kier molecular flexibility index (Phi) is 96.8. The molecule has 0 unspecified atom stereocenters. The molecule has 0 atom stereocenters. The fourth-order valence-corrected chi connectivity index (χ4v) is 0. The SMILES string of the molecule is [Ba].[Sn].[Sn].[Sn]. The molecule has 0 rings (SSSR count). The largest absolute Gasteiger partial charge is 0 e. The van der Waals surface area contributed by atoms with Gasteiger partial charge in [-0.25, -0.2) is 0 Å². The van der Waals surface area contributed by atoms with Gasteiger partial charge in [0, 0.05) is 121 Å². The van der Waals surface area contributed by atoms with Gasteiger partial charge in [0.1, 0.15) is 0 Å². The Labute approximate surface area is 117 Å². The first-order chi connectivity index (χ1) is 0. The summed E-state index contributed by atoms with van der Waals surface area (Å²) in [5.41, 5.74) is 0. The maximum absolute atomic E-state index is 0. The first kappa shape index (κ1) is 24.6. The van der Waals surface area contributed by atoms with E-state index in [-0.39, 0.29) is 121 Å². The summed E-state index contributed by atoms with van der Waals surface area (Å²) in [4.78, 5) is 0. The molecule has 0 aromatic carbocycles. The van der Waals surface area contributed by atoms with Crippen molar-refractivity contribution >= 4 is 121 Å². The summed E-state index contributed by atoms with van der Waals surface area (Å²) in [6.45, 7) is 0. The Morgan fingerprint density at radius 3 is 0.500 bits per heavy atom. The molecule has 0 N–H and O–H groups in total. The molecular weight excluding hydrogens is 493 g/mol. The minimum atomic E-state index is 0. The third-order valence-electron chi connectivity index (χ3n) is 0. The van der Waals surface area contributed by atoms with Gasteiger partial charge in [-0.1, -0.05) is 0 Å². The number of hydrogen-bond donors (Lipinski definition) is 0. The van der Waals surface area contributed by atoms with Gasteiger partial charge in [-0.3, -0.25) is 0 Å². The van der Waals surface area contributed by atoms with E-state index in [1.54, 1.807) is 0 Å². The smallest absolute Gasteiger partial charge is 0 e. The van der Waals surface area contributed by atoms with Gasteiger partial charge in [-0.15, -0.1) is 0 Å². The fourth-order valence-electron chi connectivity index (χ4n) is 0. The van der Waals surface area contributed by atoms with Crippen LogP contribution in [0.3, 0.4) is 0 Å². The average Bonchev–Trinajstić information content (AvgIpc) is 0. The van der Waals surface area contributed by atoms with Crippen LogP contribution in [0, 0.1) is 0 Å². The van der Waals surface area contributed by atoms with E-state index in [9.17, 15) is 0 Å². The van der Waals surface area contributed by atoms with Gasteiger partial charge < -0.3 is 0 Å². The molecule has 0 aromatic rings. The number of hydrogen-bond acceptors (Lipinski definition) is 0. The molecule has 0 saturated heterocycles. The van der Waals surface area contributed by atoms with Crippen molar-refractivity contribution in [3.8, 4) is 0 Å².